The highest BCUT2D eigenvalue weighted by molar-refractivity contribution is 5.82. The summed E-state index contributed by atoms with van der Waals surface area (Å²) in [6, 6.07) is 9.91. The van der Waals surface area contributed by atoms with E-state index in [2.05, 4.69) is 79.1 Å². The van der Waals surface area contributed by atoms with Gasteiger partial charge in [-0.05, 0) is 86.2 Å². The van der Waals surface area contributed by atoms with E-state index >= 15 is 0 Å². The number of nitrogens with one attached hydrogen (secondary N) is 1. The summed E-state index contributed by atoms with van der Waals surface area (Å²) in [7, 11) is 0. The molecule has 1 N–H and O–H groups in total. The van der Waals surface area contributed by atoms with E-state index in [9.17, 15) is 4.79 Å². The van der Waals surface area contributed by atoms with E-state index in [1.165, 1.54) is 5.56 Å². The zero-order valence-electron chi connectivity index (χ0n) is 21.1. The van der Waals surface area contributed by atoms with Gasteiger partial charge in [-0.25, -0.2) is 4.68 Å². The van der Waals surface area contributed by atoms with Gasteiger partial charge >= 0.3 is 0 Å². The van der Waals surface area contributed by atoms with Crippen molar-refractivity contribution < 1.29 is 4.42 Å². The number of rotatable bonds is 7. The van der Waals surface area contributed by atoms with E-state index in [0.29, 0.717) is 18.7 Å². The van der Waals surface area contributed by atoms with Gasteiger partial charge in [-0.2, -0.15) is 0 Å². The second-order valence-electron chi connectivity index (χ2n) is 10.5. The van der Waals surface area contributed by atoms with Gasteiger partial charge < -0.3 is 9.40 Å². The maximum absolute atomic E-state index is 13.2. The molecule has 3 aromatic heterocycles. The SMILES string of the molecule is Cc1cc(C)c2[nH]c(=O)c(CN(Cc3ccco3)[C@@H](c3nnnn3C(C)(C)C)C(C)C)cc2c1. The molecule has 0 aliphatic rings. The predicted molar refractivity (Wildman–Crippen MR) is 132 cm³/mol. The van der Waals surface area contributed by atoms with Gasteiger partial charge in [0.15, 0.2) is 5.82 Å². The topological polar surface area (TPSA) is 92.8 Å². The van der Waals surface area contributed by atoms with Crippen molar-refractivity contribution in [1.29, 1.82) is 0 Å². The Balaban J connectivity index is 1.81. The summed E-state index contributed by atoms with van der Waals surface area (Å²) < 4.78 is 7.57. The number of fused-ring (bicyclic) bond motifs is 1. The van der Waals surface area contributed by atoms with Crippen LogP contribution < -0.4 is 5.56 Å². The third kappa shape index (κ3) is 4.82. The van der Waals surface area contributed by atoms with Crippen LogP contribution in [0.1, 0.15) is 68.9 Å². The Morgan fingerprint density at radius 1 is 1.15 bits per heavy atom. The average Bonchev–Trinajstić information content (AvgIpc) is 3.41. The highest BCUT2D eigenvalue weighted by Crippen LogP contribution is 2.32. The zero-order valence-corrected chi connectivity index (χ0v) is 21.1. The fourth-order valence-electron chi connectivity index (χ4n) is 4.66. The first kappa shape index (κ1) is 23.9. The minimum atomic E-state index is -0.280. The lowest BCUT2D eigenvalue weighted by Crippen LogP contribution is -2.37. The summed E-state index contributed by atoms with van der Waals surface area (Å²) in [6.45, 7) is 15.6. The van der Waals surface area contributed by atoms with Crippen LogP contribution in [-0.4, -0.2) is 30.1 Å². The smallest absolute Gasteiger partial charge is 0.252 e. The van der Waals surface area contributed by atoms with Crippen LogP contribution in [0.2, 0.25) is 0 Å². The molecule has 0 saturated carbocycles. The number of aromatic amines is 1. The van der Waals surface area contributed by atoms with Crippen LogP contribution in [0.3, 0.4) is 0 Å². The second-order valence-corrected chi connectivity index (χ2v) is 10.5. The summed E-state index contributed by atoms with van der Waals surface area (Å²) in [6.07, 6.45) is 1.67. The van der Waals surface area contributed by atoms with Gasteiger partial charge in [0, 0.05) is 12.1 Å². The van der Waals surface area contributed by atoms with Crippen molar-refractivity contribution in [3.63, 3.8) is 0 Å². The molecule has 0 fully saturated rings. The van der Waals surface area contributed by atoms with Crippen LogP contribution >= 0.6 is 0 Å². The van der Waals surface area contributed by atoms with Crippen LogP contribution in [0.15, 0.2) is 45.8 Å². The van der Waals surface area contributed by atoms with E-state index in [0.717, 1.165) is 28.1 Å². The molecular formula is C26H34N6O2. The first-order valence-corrected chi connectivity index (χ1v) is 11.7. The summed E-state index contributed by atoms with van der Waals surface area (Å²) in [4.78, 5) is 18.5. The first-order chi connectivity index (χ1) is 16.0. The van der Waals surface area contributed by atoms with Crippen molar-refractivity contribution in [3.05, 3.63) is 75.2 Å². The Bertz CT molecular complexity index is 1330. The van der Waals surface area contributed by atoms with Crippen LogP contribution in [0.4, 0.5) is 0 Å². The molecule has 8 nitrogen and oxygen atoms in total. The summed E-state index contributed by atoms with van der Waals surface area (Å²) in [5.41, 5.74) is 3.45. The normalized spacial score (nSPS) is 13.3. The van der Waals surface area contributed by atoms with Crippen LogP contribution in [0, 0.1) is 19.8 Å². The quantitative estimate of drug-likeness (QED) is 0.421. The van der Waals surface area contributed by atoms with Gasteiger partial charge in [0.2, 0.25) is 0 Å². The largest absolute Gasteiger partial charge is 0.468 e. The maximum atomic E-state index is 13.2. The average molecular weight is 463 g/mol. The van der Waals surface area contributed by atoms with Gasteiger partial charge in [-0.15, -0.1) is 5.10 Å². The molecule has 0 amide bonds. The van der Waals surface area contributed by atoms with Crippen molar-refractivity contribution in [2.45, 2.75) is 73.1 Å². The number of pyridine rings is 1. The van der Waals surface area contributed by atoms with E-state index in [-0.39, 0.29) is 23.1 Å². The number of H-pyrrole nitrogens is 1. The number of tetrazole rings is 1. The third-order valence-electron chi connectivity index (χ3n) is 6.10. The van der Waals surface area contributed by atoms with Gasteiger partial charge in [0.1, 0.15) is 5.76 Å². The molecule has 0 unspecified atom stereocenters. The van der Waals surface area contributed by atoms with Gasteiger partial charge in [0.05, 0.1) is 29.9 Å². The molecule has 0 radical (unpaired) electrons. The van der Waals surface area contributed by atoms with E-state index < -0.39 is 0 Å². The molecule has 4 rings (SSSR count). The Labute approximate surface area is 200 Å². The van der Waals surface area contributed by atoms with Gasteiger partial charge in [-0.1, -0.05) is 25.5 Å². The van der Waals surface area contributed by atoms with E-state index in [4.69, 9.17) is 4.42 Å². The molecule has 0 bridgehead atoms. The number of hydrogen-bond acceptors (Lipinski definition) is 6. The second kappa shape index (κ2) is 9.18. The van der Waals surface area contributed by atoms with Crippen molar-refractivity contribution in [1.82, 2.24) is 30.1 Å². The standard InChI is InChI=1S/C26H34N6O2/c1-16(2)23(24-28-29-30-32(24)26(5,6)7)31(15-21-9-8-10-34-21)14-20-13-19-12-17(3)11-18(4)22(19)27-25(20)33/h8-13,16,23H,14-15H2,1-7H3,(H,27,33)/t23-/m1/s1. The molecule has 8 heteroatoms. The van der Waals surface area contributed by atoms with E-state index in [1.807, 2.05) is 29.8 Å². The Morgan fingerprint density at radius 2 is 1.91 bits per heavy atom. The minimum Gasteiger partial charge on any atom is -0.468 e. The van der Waals surface area contributed by atoms with Crippen molar-refractivity contribution >= 4 is 10.9 Å². The minimum absolute atomic E-state index is 0.0817. The highest BCUT2D eigenvalue weighted by atomic mass is 16.3. The van der Waals surface area contributed by atoms with Crippen LogP contribution in [-0.2, 0) is 18.6 Å². The summed E-state index contributed by atoms with van der Waals surface area (Å²) >= 11 is 0. The number of hydrogen-bond donors (Lipinski definition) is 1. The fraction of sp³-hybridized carbons (Fsp3) is 0.462. The molecule has 4 aromatic rings. The maximum Gasteiger partial charge on any atom is 0.252 e. The molecule has 0 aliphatic heterocycles. The monoisotopic (exact) mass is 462 g/mol. The lowest BCUT2D eigenvalue weighted by molar-refractivity contribution is 0.111. The molecular weight excluding hydrogens is 428 g/mol. The van der Waals surface area contributed by atoms with Gasteiger partial charge in [-0.3, -0.25) is 9.69 Å². The summed E-state index contributed by atoms with van der Waals surface area (Å²) in [5, 5.41) is 13.8. The molecule has 1 aromatic carbocycles. The van der Waals surface area contributed by atoms with Crippen LogP contribution in [0.25, 0.3) is 10.9 Å². The number of benzene rings is 1. The van der Waals surface area contributed by atoms with Crippen molar-refractivity contribution in [2.75, 3.05) is 0 Å². The molecule has 0 saturated heterocycles. The number of aromatic nitrogens is 5. The third-order valence-corrected chi connectivity index (χ3v) is 6.10. The Morgan fingerprint density at radius 3 is 2.56 bits per heavy atom. The molecule has 0 spiro atoms. The fourth-order valence-corrected chi connectivity index (χ4v) is 4.66. The van der Waals surface area contributed by atoms with Crippen LogP contribution in [0.5, 0.6) is 0 Å². The zero-order chi connectivity index (χ0) is 24.6. The number of nitrogens with zero attached hydrogens (tertiary/aromatic N) is 5. The molecule has 180 valence electrons. The lowest BCUT2D eigenvalue weighted by Gasteiger charge is -2.34. The first-order valence-electron chi connectivity index (χ1n) is 11.7. The summed E-state index contributed by atoms with van der Waals surface area (Å²) in [5.74, 6) is 1.79. The predicted octanol–water partition coefficient (Wildman–Crippen LogP) is 4.88. The molecule has 1 atom stereocenters. The van der Waals surface area contributed by atoms with E-state index in [1.54, 1.807) is 6.26 Å². The van der Waals surface area contributed by atoms with Crippen molar-refractivity contribution in [3.8, 4) is 0 Å². The molecule has 34 heavy (non-hydrogen) atoms. The lowest BCUT2D eigenvalue weighted by atomic mass is 9.98. The number of aryl methyl sites for hydroxylation is 2. The van der Waals surface area contributed by atoms with Gasteiger partial charge in [0.25, 0.3) is 5.56 Å². The van der Waals surface area contributed by atoms with Crippen molar-refractivity contribution in [2.24, 2.45) is 5.92 Å². The molecule has 0 aliphatic carbocycles. The highest BCUT2D eigenvalue weighted by Gasteiger charge is 2.33. The molecule has 3 heterocycles. The Kier molecular flexibility index (Phi) is 6.45. The number of furan rings is 1. The Hall–Kier alpha value is -3.26.